The van der Waals surface area contributed by atoms with Crippen LogP contribution in [0.4, 0.5) is 5.69 Å². The maximum absolute atomic E-state index is 6.14. The molecule has 0 unspecified atom stereocenters. The summed E-state index contributed by atoms with van der Waals surface area (Å²) in [6.07, 6.45) is 0. The number of aromatic nitrogens is 1. The highest BCUT2D eigenvalue weighted by Gasteiger charge is 2.10. The maximum atomic E-state index is 6.14. The van der Waals surface area contributed by atoms with E-state index in [0.717, 1.165) is 18.7 Å². The lowest BCUT2D eigenvalue weighted by atomic mass is 10.1. The summed E-state index contributed by atoms with van der Waals surface area (Å²) in [5, 5.41) is 0.896. The summed E-state index contributed by atoms with van der Waals surface area (Å²) in [6, 6.07) is 12.0. The van der Waals surface area contributed by atoms with Crippen LogP contribution in [-0.4, -0.2) is 11.5 Å². The van der Waals surface area contributed by atoms with Crippen LogP contribution in [0.2, 0.25) is 10.3 Å². The molecule has 0 bridgehead atoms. The van der Waals surface area contributed by atoms with Crippen LogP contribution in [0.3, 0.4) is 0 Å². The van der Waals surface area contributed by atoms with E-state index in [1.807, 2.05) is 18.2 Å². The van der Waals surface area contributed by atoms with Gasteiger partial charge in [0.15, 0.2) is 0 Å². The average Bonchev–Trinajstić information content (AvgIpc) is 2.39. The van der Waals surface area contributed by atoms with E-state index in [1.54, 1.807) is 6.07 Å². The Morgan fingerprint density at radius 2 is 1.84 bits per heavy atom. The second-order valence-corrected chi connectivity index (χ2v) is 5.13. The second kappa shape index (κ2) is 6.27. The number of aryl methyl sites for hydroxylation is 1. The molecule has 2 nitrogen and oxygen atoms in total. The van der Waals surface area contributed by atoms with Crippen molar-refractivity contribution in [2.45, 2.75) is 20.4 Å². The molecule has 19 heavy (non-hydrogen) atoms. The van der Waals surface area contributed by atoms with Crippen LogP contribution in [0, 0.1) is 6.92 Å². The molecule has 1 aromatic carbocycles. The predicted octanol–water partition coefficient (Wildman–Crippen LogP) is 4.72. The number of benzene rings is 1. The third-order valence-electron chi connectivity index (χ3n) is 3.09. The van der Waals surface area contributed by atoms with Gasteiger partial charge in [0.05, 0.1) is 0 Å². The smallest absolute Gasteiger partial charge is 0.135 e. The zero-order valence-corrected chi connectivity index (χ0v) is 12.5. The molecule has 0 radical (unpaired) electrons. The molecule has 1 aromatic heterocycles. The number of hydrogen-bond acceptors (Lipinski definition) is 2. The highest BCUT2D eigenvalue weighted by Crippen LogP contribution is 2.24. The Labute approximate surface area is 124 Å². The van der Waals surface area contributed by atoms with E-state index < -0.39 is 0 Å². The van der Waals surface area contributed by atoms with E-state index in [0.29, 0.717) is 10.3 Å². The van der Waals surface area contributed by atoms with Crippen molar-refractivity contribution in [3.8, 4) is 0 Å². The van der Waals surface area contributed by atoms with E-state index in [1.165, 1.54) is 11.3 Å². The van der Waals surface area contributed by atoms with Gasteiger partial charge in [-0.2, -0.15) is 0 Å². The number of pyridine rings is 1. The van der Waals surface area contributed by atoms with Gasteiger partial charge in [-0.25, -0.2) is 4.98 Å². The molecule has 0 fully saturated rings. The Bertz CT molecular complexity index is 570. The first-order valence-corrected chi connectivity index (χ1v) is 6.99. The minimum Gasteiger partial charge on any atom is -0.367 e. The molecule has 1 heterocycles. The topological polar surface area (TPSA) is 16.1 Å². The van der Waals surface area contributed by atoms with Gasteiger partial charge >= 0.3 is 0 Å². The summed E-state index contributed by atoms with van der Waals surface area (Å²) >= 11 is 12.0. The van der Waals surface area contributed by atoms with Crippen molar-refractivity contribution in [2.75, 3.05) is 11.4 Å². The Balaban J connectivity index is 2.27. The minimum absolute atomic E-state index is 0.424. The summed E-state index contributed by atoms with van der Waals surface area (Å²) in [5.74, 6) is 0. The monoisotopic (exact) mass is 294 g/mol. The summed E-state index contributed by atoms with van der Waals surface area (Å²) in [5.41, 5.74) is 3.45. The molecule has 0 aliphatic heterocycles. The number of halogens is 2. The van der Waals surface area contributed by atoms with Gasteiger partial charge in [-0.3, -0.25) is 0 Å². The Hall–Kier alpha value is -1.25. The van der Waals surface area contributed by atoms with Crippen molar-refractivity contribution in [1.29, 1.82) is 0 Å². The van der Waals surface area contributed by atoms with Crippen LogP contribution in [0.5, 0.6) is 0 Å². The molecular weight excluding hydrogens is 279 g/mol. The fraction of sp³-hybridized carbons (Fsp3) is 0.267. The quantitative estimate of drug-likeness (QED) is 0.758. The number of para-hydroxylation sites is 1. The molecule has 0 saturated heterocycles. The molecule has 0 amide bonds. The number of rotatable bonds is 4. The van der Waals surface area contributed by atoms with Crippen LogP contribution in [0.25, 0.3) is 0 Å². The first-order valence-electron chi connectivity index (χ1n) is 6.23. The van der Waals surface area contributed by atoms with Crippen molar-refractivity contribution in [2.24, 2.45) is 0 Å². The molecule has 0 aliphatic carbocycles. The van der Waals surface area contributed by atoms with Gasteiger partial charge in [0, 0.05) is 24.3 Å². The van der Waals surface area contributed by atoms with Gasteiger partial charge in [0.25, 0.3) is 0 Å². The molecule has 0 N–H and O–H groups in total. The van der Waals surface area contributed by atoms with Crippen LogP contribution in [0.1, 0.15) is 18.1 Å². The molecule has 0 aliphatic rings. The van der Waals surface area contributed by atoms with Crippen LogP contribution >= 0.6 is 23.2 Å². The largest absolute Gasteiger partial charge is 0.367 e. The van der Waals surface area contributed by atoms with Crippen LogP contribution in [0.15, 0.2) is 36.4 Å². The highest BCUT2D eigenvalue weighted by atomic mass is 35.5. The van der Waals surface area contributed by atoms with Gasteiger partial charge < -0.3 is 4.90 Å². The van der Waals surface area contributed by atoms with E-state index in [4.69, 9.17) is 23.2 Å². The third-order valence-corrected chi connectivity index (χ3v) is 3.63. The normalized spacial score (nSPS) is 10.5. The predicted molar refractivity (Wildman–Crippen MR) is 82.2 cm³/mol. The van der Waals surface area contributed by atoms with E-state index in [2.05, 4.69) is 35.9 Å². The van der Waals surface area contributed by atoms with Crippen molar-refractivity contribution < 1.29 is 0 Å². The van der Waals surface area contributed by atoms with Crippen LogP contribution < -0.4 is 4.90 Å². The lowest BCUT2D eigenvalue weighted by Gasteiger charge is -2.25. The van der Waals surface area contributed by atoms with Crippen LogP contribution in [-0.2, 0) is 6.54 Å². The molecule has 4 heteroatoms. The Kier molecular flexibility index (Phi) is 4.67. The minimum atomic E-state index is 0.424. The summed E-state index contributed by atoms with van der Waals surface area (Å²) < 4.78 is 0. The highest BCUT2D eigenvalue weighted by molar-refractivity contribution is 6.32. The third kappa shape index (κ3) is 3.40. The average molecular weight is 295 g/mol. The van der Waals surface area contributed by atoms with Gasteiger partial charge in [0.2, 0.25) is 0 Å². The van der Waals surface area contributed by atoms with E-state index >= 15 is 0 Å². The first kappa shape index (κ1) is 14.2. The fourth-order valence-corrected chi connectivity index (χ4v) is 2.45. The summed E-state index contributed by atoms with van der Waals surface area (Å²) in [7, 11) is 0. The molecule has 2 rings (SSSR count). The van der Waals surface area contributed by atoms with Crippen molar-refractivity contribution in [3.05, 3.63) is 57.8 Å². The van der Waals surface area contributed by atoms with E-state index in [-0.39, 0.29) is 0 Å². The number of nitrogens with zero attached hydrogens (tertiary/aromatic N) is 2. The lowest BCUT2D eigenvalue weighted by Crippen LogP contribution is -2.23. The molecule has 100 valence electrons. The van der Waals surface area contributed by atoms with Gasteiger partial charge in [0.1, 0.15) is 10.3 Å². The SMILES string of the molecule is CCN(Cc1ccc(Cl)nc1Cl)c1ccccc1C. The summed E-state index contributed by atoms with van der Waals surface area (Å²) in [4.78, 5) is 6.35. The molecule has 0 atom stereocenters. The van der Waals surface area contributed by atoms with Crippen molar-refractivity contribution in [1.82, 2.24) is 4.98 Å². The Morgan fingerprint density at radius 1 is 1.11 bits per heavy atom. The molecule has 0 saturated carbocycles. The van der Waals surface area contributed by atoms with E-state index in [9.17, 15) is 0 Å². The zero-order valence-electron chi connectivity index (χ0n) is 11.0. The zero-order chi connectivity index (χ0) is 13.8. The number of anilines is 1. The van der Waals surface area contributed by atoms with Crippen molar-refractivity contribution >= 4 is 28.9 Å². The number of hydrogen-bond donors (Lipinski definition) is 0. The molecule has 2 aromatic rings. The van der Waals surface area contributed by atoms with Crippen molar-refractivity contribution in [3.63, 3.8) is 0 Å². The lowest BCUT2D eigenvalue weighted by molar-refractivity contribution is 0.824. The second-order valence-electron chi connectivity index (χ2n) is 4.38. The summed E-state index contributed by atoms with van der Waals surface area (Å²) in [6.45, 7) is 5.87. The van der Waals surface area contributed by atoms with Gasteiger partial charge in [-0.15, -0.1) is 0 Å². The molecular formula is C15H16Cl2N2. The maximum Gasteiger partial charge on any atom is 0.135 e. The fourth-order valence-electron chi connectivity index (χ4n) is 2.05. The standard InChI is InChI=1S/C15H16Cl2N2/c1-3-19(13-7-5-4-6-11(13)2)10-12-8-9-14(16)18-15(12)17/h4-9H,3,10H2,1-2H3. The van der Waals surface area contributed by atoms with Gasteiger partial charge in [-0.1, -0.05) is 47.5 Å². The van der Waals surface area contributed by atoms with Gasteiger partial charge in [-0.05, 0) is 31.5 Å². The first-order chi connectivity index (χ1) is 9.11. The Morgan fingerprint density at radius 3 is 2.47 bits per heavy atom. The molecule has 0 spiro atoms.